The van der Waals surface area contributed by atoms with Crippen molar-refractivity contribution in [3.63, 3.8) is 0 Å². The number of benzene rings is 4. The van der Waals surface area contributed by atoms with Gasteiger partial charge in [-0.3, -0.25) is 14.6 Å². The molecule has 0 amide bonds. The molecule has 0 aromatic heterocycles. The van der Waals surface area contributed by atoms with Crippen LogP contribution in [0.4, 0.5) is 5.69 Å². The van der Waals surface area contributed by atoms with E-state index in [2.05, 4.69) is 39.0 Å². The van der Waals surface area contributed by atoms with Crippen LogP contribution >= 0.6 is 23.4 Å². The van der Waals surface area contributed by atoms with E-state index in [1.807, 2.05) is 49.4 Å². The number of piperazine rings is 1. The highest BCUT2D eigenvalue weighted by molar-refractivity contribution is 7.99. The summed E-state index contributed by atoms with van der Waals surface area (Å²) in [5.41, 5.74) is 5.18. The Morgan fingerprint density at radius 2 is 1.57 bits per heavy atom. The van der Waals surface area contributed by atoms with Gasteiger partial charge in [0.15, 0.2) is 25.5 Å². The van der Waals surface area contributed by atoms with Crippen LogP contribution < -0.4 is 4.90 Å². The number of ether oxygens (including phenoxy) is 1. The predicted molar refractivity (Wildman–Crippen MR) is 254 cm³/mol. The molecule has 10 nitrogen and oxygen atoms in total. The molecule has 0 N–H and O–H groups in total. The van der Waals surface area contributed by atoms with Crippen LogP contribution in [0.15, 0.2) is 117 Å². The number of morpholine rings is 1. The molecule has 4 aromatic carbocycles. The van der Waals surface area contributed by atoms with E-state index < -0.39 is 31.2 Å². The number of hydrogen-bond acceptors (Lipinski definition) is 11. The van der Waals surface area contributed by atoms with Crippen LogP contribution in [0.3, 0.4) is 0 Å². The number of allylic oxidation sites excluding steroid dienone is 1. The Kier molecular flexibility index (Phi) is 15.7. The zero-order valence-electron chi connectivity index (χ0n) is 36.2. The van der Waals surface area contributed by atoms with E-state index >= 15 is 0 Å². The number of carbonyl (C=O) groups excluding carboxylic acids is 2. The van der Waals surface area contributed by atoms with Gasteiger partial charge in [0.2, 0.25) is 0 Å². The number of rotatable bonds is 18. The lowest BCUT2D eigenvalue weighted by atomic mass is 9.72. The average Bonchev–Trinajstić information content (AvgIpc) is 3.28. The molecule has 0 bridgehead atoms. The summed E-state index contributed by atoms with van der Waals surface area (Å²) in [6.45, 7) is 10.00. The molecular weight excluding hydrogens is 874 g/mol. The summed E-state index contributed by atoms with van der Waals surface area (Å²) in [6.07, 6.45) is 5.93. The summed E-state index contributed by atoms with van der Waals surface area (Å²) >= 11 is 7.92. The van der Waals surface area contributed by atoms with E-state index in [-0.39, 0.29) is 26.7 Å². The van der Waals surface area contributed by atoms with Crippen LogP contribution in [-0.2, 0) is 35.6 Å². The fourth-order valence-electron chi connectivity index (χ4n) is 8.87. The van der Waals surface area contributed by atoms with Gasteiger partial charge < -0.3 is 14.4 Å². The second-order valence-corrected chi connectivity index (χ2v) is 23.0. The normalized spacial score (nSPS) is 19.8. The van der Waals surface area contributed by atoms with Gasteiger partial charge in [0, 0.05) is 84.4 Å². The van der Waals surface area contributed by atoms with Crippen molar-refractivity contribution < 1.29 is 31.2 Å². The van der Waals surface area contributed by atoms with Crippen molar-refractivity contribution in [2.45, 2.75) is 53.7 Å². The number of hydrogen-bond donors (Lipinski definition) is 0. The second kappa shape index (κ2) is 21.0. The fraction of sp³-hybridized carbons (Fsp3) is 0.429. The Bertz CT molecular complexity index is 2470. The molecule has 2 heterocycles. The molecule has 0 radical (unpaired) electrons. The minimum atomic E-state index is -4.17. The van der Waals surface area contributed by atoms with Crippen LogP contribution in [0.1, 0.15) is 54.1 Å². The first-order valence-corrected chi connectivity index (χ1v) is 26.7. The highest BCUT2D eigenvalue weighted by Crippen LogP contribution is 2.42. The second-order valence-electron chi connectivity index (χ2n) is 17.5. The lowest BCUT2D eigenvalue weighted by Gasteiger charge is -2.39. The smallest absolute Gasteiger partial charge is 0.185 e. The maximum Gasteiger partial charge on any atom is 0.185 e. The van der Waals surface area contributed by atoms with Gasteiger partial charge >= 0.3 is 0 Å². The lowest BCUT2D eigenvalue weighted by Crippen LogP contribution is -2.47. The van der Waals surface area contributed by atoms with Crippen molar-refractivity contribution in [1.82, 2.24) is 9.80 Å². The number of thioether (sulfide) groups is 1. The Morgan fingerprint density at radius 3 is 2.24 bits per heavy atom. The number of anilines is 1. The molecular formula is C49H58ClN3O7S3. The summed E-state index contributed by atoms with van der Waals surface area (Å²) in [4.78, 5) is 33.5. The third-order valence-corrected chi connectivity index (χ3v) is 16.9. The number of Topliss-reactive ketones (excluding diaryl/α,β-unsaturated/α-hetero) is 1. The average molecular weight is 933 g/mol. The standard InChI is InChI=1S/C49H58ClN3O7S3/c1-49(36-54)20-18-46(38-8-13-42(50)14-9-38)41(32-49)33-52-22-24-53(25-23-52)43-15-10-39(11-16-43)47(55)35-63(58,59)45-17-12-40(48(31-45)62(2,56)57)30-37(19-21-51-26-28-60-29-27-51)34-61-44-6-4-3-5-7-44/h3-17,31,36-37H,18-30,32-35H2,1-2H3/t37-,49?/m0/s1. The van der Waals surface area contributed by atoms with Gasteiger partial charge in [0.1, 0.15) is 12.0 Å². The Balaban J connectivity index is 0.981. The SMILES string of the molecule is CC1(C=O)CCC(c2ccc(Cl)cc2)=C(CN2CCN(c3ccc(C(=O)CS(=O)(=O)c4ccc(C[C@H](CCN5CCOCC5)CSc5ccccc5)c(S(C)(=O)=O)c4)cc3)CC2)C1. The minimum absolute atomic E-state index is 0.0153. The Labute approximate surface area is 382 Å². The molecule has 2 atom stereocenters. The third kappa shape index (κ3) is 12.7. The summed E-state index contributed by atoms with van der Waals surface area (Å²) in [5.74, 6) is -0.434. The van der Waals surface area contributed by atoms with E-state index in [0.29, 0.717) is 30.2 Å². The van der Waals surface area contributed by atoms with Crippen molar-refractivity contribution in [1.29, 1.82) is 0 Å². The van der Waals surface area contributed by atoms with Gasteiger partial charge in [0.05, 0.1) is 23.0 Å². The van der Waals surface area contributed by atoms with Crippen LogP contribution in [0.2, 0.25) is 5.02 Å². The molecule has 63 heavy (non-hydrogen) atoms. The molecule has 1 aliphatic carbocycles. The maximum absolute atomic E-state index is 13.7. The van der Waals surface area contributed by atoms with Gasteiger partial charge in [-0.1, -0.05) is 60.5 Å². The molecule has 1 unspecified atom stereocenters. The monoisotopic (exact) mass is 931 g/mol. The van der Waals surface area contributed by atoms with Crippen molar-refractivity contribution in [3.05, 3.63) is 124 Å². The summed E-state index contributed by atoms with van der Waals surface area (Å²) in [6, 6.07) is 29.4. The summed E-state index contributed by atoms with van der Waals surface area (Å²) in [5, 5.41) is 0.698. The Morgan fingerprint density at radius 1 is 0.873 bits per heavy atom. The topological polar surface area (TPSA) is 121 Å². The van der Waals surface area contributed by atoms with Crippen molar-refractivity contribution >= 4 is 66.4 Å². The fourth-order valence-corrected chi connectivity index (χ4v) is 12.4. The van der Waals surface area contributed by atoms with E-state index in [9.17, 15) is 26.4 Å². The van der Waals surface area contributed by atoms with E-state index in [1.54, 1.807) is 30.0 Å². The number of carbonyl (C=O) groups is 2. The van der Waals surface area contributed by atoms with Gasteiger partial charge in [-0.25, -0.2) is 16.8 Å². The molecule has 7 rings (SSSR count). The summed E-state index contributed by atoms with van der Waals surface area (Å²) in [7, 11) is -7.97. The molecule has 4 aromatic rings. The van der Waals surface area contributed by atoms with Crippen LogP contribution in [-0.4, -0.2) is 122 Å². The first-order chi connectivity index (χ1) is 30.2. The van der Waals surface area contributed by atoms with Crippen LogP contribution in [0.25, 0.3) is 5.57 Å². The Hall–Kier alpha value is -3.82. The lowest BCUT2D eigenvalue weighted by molar-refractivity contribution is -0.115. The first kappa shape index (κ1) is 47.2. The minimum Gasteiger partial charge on any atom is -0.379 e. The molecule has 2 fully saturated rings. The van der Waals surface area contributed by atoms with Crippen LogP contribution in [0, 0.1) is 11.3 Å². The maximum atomic E-state index is 13.7. The van der Waals surface area contributed by atoms with Crippen molar-refractivity contribution in [2.75, 3.05) is 88.2 Å². The largest absolute Gasteiger partial charge is 0.379 e. The quantitative estimate of drug-likeness (QED) is 0.0548. The first-order valence-electron chi connectivity index (χ1n) is 21.8. The zero-order chi connectivity index (χ0) is 44.6. The third-order valence-electron chi connectivity index (χ3n) is 12.6. The summed E-state index contributed by atoms with van der Waals surface area (Å²) < 4.78 is 59.4. The van der Waals surface area contributed by atoms with E-state index in [4.69, 9.17) is 16.3 Å². The predicted octanol–water partition coefficient (Wildman–Crippen LogP) is 8.04. The molecule has 0 spiro atoms. The highest BCUT2D eigenvalue weighted by atomic mass is 35.5. The number of halogens is 1. The van der Waals surface area contributed by atoms with Crippen molar-refractivity contribution in [2.24, 2.45) is 11.3 Å². The van der Waals surface area contributed by atoms with Gasteiger partial charge in [-0.15, -0.1) is 11.8 Å². The molecule has 336 valence electrons. The molecule has 3 aliphatic rings. The van der Waals surface area contributed by atoms with Gasteiger partial charge in [-0.2, -0.15) is 0 Å². The molecule has 2 saturated heterocycles. The van der Waals surface area contributed by atoms with Crippen molar-refractivity contribution in [3.8, 4) is 0 Å². The van der Waals surface area contributed by atoms with Gasteiger partial charge in [0.25, 0.3) is 0 Å². The number of nitrogens with zero attached hydrogens (tertiary/aromatic N) is 3. The van der Waals surface area contributed by atoms with E-state index in [0.717, 1.165) is 112 Å². The van der Waals surface area contributed by atoms with E-state index in [1.165, 1.54) is 23.3 Å². The molecule has 2 aliphatic heterocycles. The van der Waals surface area contributed by atoms with Gasteiger partial charge in [-0.05, 0) is 122 Å². The number of ketones is 1. The molecule has 14 heteroatoms. The van der Waals surface area contributed by atoms with Crippen LogP contribution in [0.5, 0.6) is 0 Å². The number of aldehydes is 1. The zero-order valence-corrected chi connectivity index (χ0v) is 39.4. The number of sulfone groups is 2. The highest BCUT2D eigenvalue weighted by Gasteiger charge is 2.33. The molecule has 0 saturated carbocycles.